The van der Waals surface area contributed by atoms with Crippen LogP contribution in [0.3, 0.4) is 0 Å². The number of hydrogen-bond acceptors (Lipinski definition) is 3. The number of benzene rings is 2. The molecule has 0 bridgehead atoms. The van der Waals surface area contributed by atoms with E-state index in [1.165, 1.54) is 4.90 Å². The molecule has 3 rings (SSSR count). The molecule has 0 aliphatic carbocycles. The number of carbonyl (C=O) groups is 1. The fraction of sp³-hybridized carbons (Fsp3) is 0.278. The van der Waals surface area contributed by atoms with E-state index in [4.69, 9.17) is 11.6 Å². The first kappa shape index (κ1) is 19.4. The number of aryl methyl sites for hydroxylation is 1. The summed E-state index contributed by atoms with van der Waals surface area (Å²) in [5, 5.41) is 0. The number of alkyl halides is 1. The highest BCUT2D eigenvalue weighted by atomic mass is 79.9. The number of likely N-dealkylation sites (N-methyl/N-ethyl adjacent to an activating group) is 1. The molecule has 0 spiro atoms. The van der Waals surface area contributed by atoms with Crippen LogP contribution in [0.1, 0.15) is 17.5 Å². The lowest BCUT2D eigenvalue weighted by molar-refractivity contribution is -0.120. The number of halogens is 2. The van der Waals surface area contributed by atoms with Gasteiger partial charge in [0.2, 0.25) is 10.0 Å². The quantitative estimate of drug-likeness (QED) is 0.699. The van der Waals surface area contributed by atoms with Gasteiger partial charge in [0.15, 0.2) is 4.87 Å². The minimum atomic E-state index is -3.65. The molecular weight excluding hydrogens is 440 g/mol. The van der Waals surface area contributed by atoms with E-state index in [0.29, 0.717) is 5.56 Å². The molecule has 0 saturated carbocycles. The van der Waals surface area contributed by atoms with Crippen LogP contribution in [0.15, 0.2) is 51.8 Å². The molecule has 8 heteroatoms. The summed E-state index contributed by atoms with van der Waals surface area (Å²) in [6.45, 7) is 1.93. The van der Waals surface area contributed by atoms with E-state index in [-0.39, 0.29) is 23.8 Å². The van der Waals surface area contributed by atoms with Gasteiger partial charge in [-0.1, -0.05) is 33.6 Å². The zero-order valence-corrected chi connectivity index (χ0v) is 17.5. The normalized spacial score (nSPS) is 19.7. The van der Waals surface area contributed by atoms with Gasteiger partial charge in [-0.05, 0) is 43.7 Å². The van der Waals surface area contributed by atoms with E-state index in [9.17, 15) is 13.2 Å². The maximum Gasteiger partial charge on any atom is 0.252 e. The molecule has 2 aromatic carbocycles. The van der Waals surface area contributed by atoms with Crippen LogP contribution >= 0.6 is 27.5 Å². The summed E-state index contributed by atoms with van der Waals surface area (Å²) in [5.41, 5.74) is 2.38. The maximum absolute atomic E-state index is 12.7. The third kappa shape index (κ3) is 3.41. The number of nitrogens with zero attached hydrogens (tertiary/aromatic N) is 1. The Morgan fingerprint density at radius 2 is 1.85 bits per heavy atom. The van der Waals surface area contributed by atoms with Crippen LogP contribution < -0.4 is 9.62 Å². The van der Waals surface area contributed by atoms with Gasteiger partial charge in [-0.3, -0.25) is 4.79 Å². The molecule has 0 radical (unpaired) electrons. The van der Waals surface area contributed by atoms with Crippen molar-refractivity contribution >= 4 is 49.1 Å². The van der Waals surface area contributed by atoms with Gasteiger partial charge in [-0.25, -0.2) is 13.1 Å². The van der Waals surface area contributed by atoms with Crippen molar-refractivity contribution in [2.45, 2.75) is 23.1 Å². The van der Waals surface area contributed by atoms with Crippen molar-refractivity contribution in [1.82, 2.24) is 4.72 Å². The molecule has 1 aliphatic heterocycles. The number of nitrogens with one attached hydrogen (secondary N) is 1. The van der Waals surface area contributed by atoms with E-state index >= 15 is 0 Å². The second-order valence-electron chi connectivity index (χ2n) is 6.29. The van der Waals surface area contributed by atoms with E-state index in [1.807, 2.05) is 19.1 Å². The molecule has 1 unspecified atom stereocenters. The smallest absolute Gasteiger partial charge is 0.252 e. The van der Waals surface area contributed by atoms with Gasteiger partial charge in [0, 0.05) is 29.3 Å². The number of hydrogen-bond donors (Lipinski definition) is 1. The largest absolute Gasteiger partial charge is 0.313 e. The van der Waals surface area contributed by atoms with Crippen LogP contribution in [0.5, 0.6) is 0 Å². The second-order valence-corrected chi connectivity index (χ2v) is 9.62. The summed E-state index contributed by atoms with van der Waals surface area (Å²) in [4.78, 5) is 13.1. The van der Waals surface area contributed by atoms with Crippen molar-refractivity contribution in [2.24, 2.45) is 0 Å². The lowest BCUT2D eigenvalue weighted by Crippen LogP contribution is -2.37. The molecule has 0 fully saturated rings. The second kappa shape index (κ2) is 6.96. The van der Waals surface area contributed by atoms with Gasteiger partial charge in [0.25, 0.3) is 5.91 Å². The number of fused-ring (bicyclic) bond motifs is 1. The topological polar surface area (TPSA) is 66.5 Å². The minimum absolute atomic E-state index is 0.0469. The van der Waals surface area contributed by atoms with E-state index in [0.717, 1.165) is 15.7 Å². The van der Waals surface area contributed by atoms with Crippen LogP contribution in [-0.2, 0) is 19.7 Å². The highest BCUT2D eigenvalue weighted by molar-refractivity contribution is 9.10. The highest BCUT2D eigenvalue weighted by Gasteiger charge is 2.48. The average molecular weight is 458 g/mol. The predicted octanol–water partition coefficient (Wildman–Crippen LogP) is 3.54. The van der Waals surface area contributed by atoms with Gasteiger partial charge in [-0.15, -0.1) is 11.6 Å². The predicted molar refractivity (Wildman–Crippen MR) is 106 cm³/mol. The Labute approximate surface area is 166 Å². The molecule has 2 aromatic rings. The molecule has 138 valence electrons. The molecule has 0 aromatic heterocycles. The molecule has 1 aliphatic rings. The summed E-state index contributed by atoms with van der Waals surface area (Å²) < 4.78 is 28.2. The van der Waals surface area contributed by atoms with Crippen molar-refractivity contribution in [3.8, 4) is 0 Å². The van der Waals surface area contributed by atoms with Crippen LogP contribution in [0, 0.1) is 6.92 Å². The SMILES string of the molecule is Cc1ccc(S(=O)(=O)NCCC2(Cl)C(=O)N(C)c3ccc(Br)cc32)cc1. The van der Waals surface area contributed by atoms with Crippen molar-refractivity contribution in [3.05, 3.63) is 58.1 Å². The first-order valence-corrected chi connectivity index (χ1v) is 10.6. The van der Waals surface area contributed by atoms with Gasteiger partial charge in [0.05, 0.1) is 4.90 Å². The Balaban J connectivity index is 1.78. The molecule has 1 N–H and O–H groups in total. The first-order valence-electron chi connectivity index (χ1n) is 7.98. The standard InChI is InChI=1S/C18H18BrClN2O3S/c1-12-3-6-14(7-4-12)26(24,25)21-10-9-18(20)15-11-13(19)5-8-16(15)22(2)17(18)23/h3-8,11,21H,9-10H2,1-2H3. The van der Waals surface area contributed by atoms with Crippen LogP contribution in [-0.4, -0.2) is 27.9 Å². The number of sulfonamides is 1. The van der Waals surface area contributed by atoms with Crippen molar-refractivity contribution < 1.29 is 13.2 Å². The number of anilines is 1. The summed E-state index contributed by atoms with van der Waals surface area (Å²) in [5.74, 6) is -0.262. The molecule has 1 amide bonds. The summed E-state index contributed by atoms with van der Waals surface area (Å²) >= 11 is 10.1. The Morgan fingerprint density at radius 3 is 2.50 bits per heavy atom. The summed E-state index contributed by atoms with van der Waals surface area (Å²) in [6.07, 6.45) is 0.145. The minimum Gasteiger partial charge on any atom is -0.313 e. The monoisotopic (exact) mass is 456 g/mol. The lowest BCUT2D eigenvalue weighted by atomic mass is 9.96. The van der Waals surface area contributed by atoms with Gasteiger partial charge in [-0.2, -0.15) is 0 Å². The maximum atomic E-state index is 12.7. The van der Waals surface area contributed by atoms with E-state index in [2.05, 4.69) is 20.7 Å². The Bertz CT molecular complexity index is 963. The summed E-state index contributed by atoms with van der Waals surface area (Å²) in [6, 6.07) is 12.0. The summed E-state index contributed by atoms with van der Waals surface area (Å²) in [7, 11) is -1.99. The van der Waals surface area contributed by atoms with E-state index < -0.39 is 14.9 Å². The fourth-order valence-corrected chi connectivity index (χ4v) is 4.77. The van der Waals surface area contributed by atoms with Crippen molar-refractivity contribution in [1.29, 1.82) is 0 Å². The fourth-order valence-electron chi connectivity index (χ4n) is 3.01. The van der Waals surface area contributed by atoms with E-state index in [1.54, 1.807) is 37.4 Å². The average Bonchev–Trinajstić information content (AvgIpc) is 2.77. The molecule has 0 saturated heterocycles. The molecular formula is C18H18BrClN2O3S. The molecule has 1 heterocycles. The lowest BCUT2D eigenvalue weighted by Gasteiger charge is -2.21. The zero-order valence-electron chi connectivity index (χ0n) is 14.3. The van der Waals surface area contributed by atoms with Gasteiger partial charge >= 0.3 is 0 Å². The first-order chi connectivity index (χ1) is 12.1. The Hall–Kier alpha value is -1.41. The van der Waals surface area contributed by atoms with Crippen molar-refractivity contribution in [2.75, 3.05) is 18.5 Å². The Kier molecular flexibility index (Phi) is 5.18. The van der Waals surface area contributed by atoms with Crippen LogP contribution in [0.25, 0.3) is 0 Å². The van der Waals surface area contributed by atoms with Crippen molar-refractivity contribution in [3.63, 3.8) is 0 Å². The molecule has 26 heavy (non-hydrogen) atoms. The van der Waals surface area contributed by atoms with Crippen LogP contribution in [0.2, 0.25) is 0 Å². The molecule has 1 atom stereocenters. The molecule has 5 nitrogen and oxygen atoms in total. The van der Waals surface area contributed by atoms with Gasteiger partial charge in [0.1, 0.15) is 0 Å². The number of amides is 1. The highest BCUT2D eigenvalue weighted by Crippen LogP contribution is 2.47. The number of rotatable bonds is 5. The zero-order chi connectivity index (χ0) is 19.1. The van der Waals surface area contributed by atoms with Gasteiger partial charge < -0.3 is 4.90 Å². The Morgan fingerprint density at radius 1 is 1.19 bits per heavy atom. The third-order valence-corrected chi connectivity index (χ3v) is 7.01. The third-order valence-electron chi connectivity index (χ3n) is 4.48. The van der Waals surface area contributed by atoms with Crippen LogP contribution in [0.4, 0.5) is 5.69 Å². The number of carbonyl (C=O) groups excluding carboxylic acids is 1.